The summed E-state index contributed by atoms with van der Waals surface area (Å²) in [7, 11) is 0. The molecular weight excluding hydrogens is 644 g/mol. The van der Waals surface area contributed by atoms with E-state index in [-0.39, 0.29) is 18.2 Å². The third-order valence-corrected chi connectivity index (χ3v) is 6.22. The third-order valence-electron chi connectivity index (χ3n) is 5.17. The summed E-state index contributed by atoms with van der Waals surface area (Å²) in [5, 5.41) is 0. The molecule has 4 rings (SSSR count). The zero-order valence-corrected chi connectivity index (χ0v) is 22.1. The Morgan fingerprint density at radius 2 is 1.58 bits per heavy atom. The van der Waals surface area contributed by atoms with Gasteiger partial charge >= 0.3 is 0 Å². The molecule has 33 heavy (non-hydrogen) atoms. The van der Waals surface area contributed by atoms with Gasteiger partial charge in [0.25, 0.3) is 5.91 Å². The number of anilines is 1. The summed E-state index contributed by atoms with van der Waals surface area (Å²) in [5.74, 6) is -0.333. The van der Waals surface area contributed by atoms with Crippen LogP contribution in [0.15, 0.2) is 83.9 Å². The fourth-order valence-electron chi connectivity index (χ4n) is 3.65. The highest BCUT2D eigenvalue weighted by Crippen LogP contribution is 2.31. The van der Waals surface area contributed by atoms with Crippen molar-refractivity contribution >= 4 is 75.6 Å². The van der Waals surface area contributed by atoms with Crippen molar-refractivity contribution in [2.45, 2.75) is 13.1 Å². The van der Waals surface area contributed by atoms with Crippen molar-refractivity contribution < 1.29 is 14.4 Å². The van der Waals surface area contributed by atoms with Crippen molar-refractivity contribution in [3.05, 3.63) is 101 Å². The highest BCUT2D eigenvalue weighted by Gasteiger charge is 2.35. The van der Waals surface area contributed by atoms with E-state index in [1.165, 1.54) is 0 Å². The van der Waals surface area contributed by atoms with E-state index < -0.39 is 6.17 Å². The van der Waals surface area contributed by atoms with Crippen LogP contribution in [0, 0.1) is 6.92 Å². The van der Waals surface area contributed by atoms with Crippen molar-refractivity contribution in [3.8, 4) is 0 Å². The van der Waals surface area contributed by atoms with Crippen molar-refractivity contribution in [2.75, 3.05) is 11.4 Å². The zero-order chi connectivity index (χ0) is 24.0. The van der Waals surface area contributed by atoms with Gasteiger partial charge in [0.1, 0.15) is 6.79 Å². The minimum absolute atomic E-state index is 0.0457. The second-order valence-corrected chi connectivity index (χ2v) is 11.1. The van der Waals surface area contributed by atoms with Gasteiger partial charge in [0.2, 0.25) is 0 Å². The standard InChI is InChI=1S/C24H19I2N3O2.CH2O/c1-16-9-5-6-12-18(16)21(30)15-28-20-14-8-7-13-19(20)22(17-10-3-2-4-11-17)27-23(24(28)31)29(25)26;1-2/h2-14,23H,15H2,1H3;1H2. The highest BCUT2D eigenvalue weighted by atomic mass is 127. The number of carbonyl (C=O) groups excluding carboxylic acids is 3. The van der Waals surface area contributed by atoms with E-state index in [0.717, 1.165) is 22.4 Å². The fraction of sp³-hybridized carbons (Fsp3) is 0.120. The van der Waals surface area contributed by atoms with Gasteiger partial charge in [-0.05, 0) is 18.6 Å². The van der Waals surface area contributed by atoms with Crippen LogP contribution in [0.25, 0.3) is 0 Å². The number of para-hydroxylation sites is 1. The van der Waals surface area contributed by atoms with Gasteiger partial charge in [-0.25, -0.2) is 0 Å². The van der Waals surface area contributed by atoms with E-state index in [9.17, 15) is 9.59 Å². The predicted octanol–water partition coefficient (Wildman–Crippen LogP) is 5.21. The average molecular weight is 665 g/mol. The average Bonchev–Trinajstić information content (AvgIpc) is 2.96. The Balaban J connectivity index is 0.00000149. The maximum absolute atomic E-state index is 13.6. The van der Waals surface area contributed by atoms with Crippen LogP contribution in [0.4, 0.5) is 5.69 Å². The van der Waals surface area contributed by atoms with Crippen LogP contribution in [0.1, 0.15) is 27.0 Å². The Hall–Kier alpha value is -2.44. The van der Waals surface area contributed by atoms with Crippen molar-refractivity contribution in [2.24, 2.45) is 4.99 Å². The summed E-state index contributed by atoms with van der Waals surface area (Å²) in [6.07, 6.45) is -0.756. The molecule has 168 valence electrons. The Kier molecular flexibility index (Phi) is 8.87. The summed E-state index contributed by atoms with van der Waals surface area (Å²) in [5.41, 5.74) is 4.70. The van der Waals surface area contributed by atoms with Crippen molar-refractivity contribution in [1.82, 2.24) is 1.33 Å². The number of hydrogen-bond acceptors (Lipinski definition) is 5. The third kappa shape index (κ3) is 5.56. The topological polar surface area (TPSA) is 70.1 Å². The maximum atomic E-state index is 13.6. The van der Waals surface area contributed by atoms with Gasteiger partial charge in [-0.1, -0.05) is 72.8 Å². The van der Waals surface area contributed by atoms with Crippen molar-refractivity contribution in [3.63, 3.8) is 0 Å². The molecule has 1 unspecified atom stereocenters. The molecule has 0 N–H and O–H groups in total. The molecular formula is C25H21I2N3O3. The molecule has 1 aliphatic heterocycles. The molecule has 0 saturated heterocycles. The number of aryl methyl sites for hydroxylation is 1. The highest BCUT2D eigenvalue weighted by molar-refractivity contribution is 14.2. The van der Waals surface area contributed by atoms with Gasteiger partial charge in [0, 0.05) is 62.4 Å². The number of rotatable bonds is 5. The van der Waals surface area contributed by atoms with E-state index in [4.69, 9.17) is 9.79 Å². The Bertz CT molecular complexity index is 1180. The molecule has 1 atom stereocenters. The number of fused-ring (bicyclic) bond motifs is 1. The number of amides is 1. The van der Waals surface area contributed by atoms with Crippen LogP contribution in [0.3, 0.4) is 0 Å². The van der Waals surface area contributed by atoms with E-state index in [2.05, 4.69) is 45.7 Å². The number of aliphatic imine (C=N–C) groups is 1. The number of benzene rings is 3. The van der Waals surface area contributed by atoms with E-state index in [1.807, 2.05) is 86.5 Å². The summed E-state index contributed by atoms with van der Waals surface area (Å²) in [6, 6.07) is 24.9. The number of hydrogen-bond donors (Lipinski definition) is 0. The number of nitrogens with zero attached hydrogens (tertiary/aromatic N) is 3. The first-order chi connectivity index (χ1) is 16.0. The van der Waals surface area contributed by atoms with Crippen LogP contribution >= 0.6 is 45.7 Å². The first-order valence-corrected chi connectivity index (χ1v) is 11.9. The van der Waals surface area contributed by atoms with Crippen LogP contribution in [0.2, 0.25) is 0 Å². The van der Waals surface area contributed by atoms with Crippen LogP contribution in [-0.4, -0.2) is 38.2 Å². The Labute approximate surface area is 220 Å². The number of Topliss-reactive ketones (excluding diaryl/α,β-unsaturated/α-hetero) is 1. The SMILES string of the molecule is C=O.Cc1ccccc1C(=O)CN1C(=O)C(N(I)I)N=C(c2ccccc2)c2ccccc21. The van der Waals surface area contributed by atoms with Gasteiger partial charge < -0.3 is 9.69 Å². The molecule has 0 aliphatic carbocycles. The molecule has 8 heteroatoms. The fourth-order valence-corrected chi connectivity index (χ4v) is 4.37. The van der Waals surface area contributed by atoms with E-state index in [1.54, 1.807) is 12.3 Å². The van der Waals surface area contributed by atoms with Gasteiger partial charge in [-0.2, -0.15) is 1.33 Å². The monoisotopic (exact) mass is 665 g/mol. The Morgan fingerprint density at radius 1 is 0.970 bits per heavy atom. The molecule has 0 saturated carbocycles. The second kappa shape index (κ2) is 11.6. The lowest BCUT2D eigenvalue weighted by Gasteiger charge is -2.25. The largest absolute Gasteiger partial charge is 0.307 e. The van der Waals surface area contributed by atoms with Crippen molar-refractivity contribution in [1.29, 1.82) is 0 Å². The molecule has 0 fully saturated rings. The molecule has 0 spiro atoms. The molecule has 6 nitrogen and oxygen atoms in total. The maximum Gasteiger partial charge on any atom is 0.268 e. The number of benzodiazepines with no additional fused rings is 1. The molecule has 3 aromatic carbocycles. The second-order valence-electron chi connectivity index (χ2n) is 7.16. The zero-order valence-electron chi connectivity index (χ0n) is 17.8. The molecule has 1 aliphatic rings. The minimum atomic E-state index is -0.756. The molecule has 3 aromatic rings. The smallest absolute Gasteiger partial charge is 0.268 e. The van der Waals surface area contributed by atoms with Gasteiger partial charge in [0.05, 0.1) is 17.9 Å². The summed E-state index contributed by atoms with van der Waals surface area (Å²) < 4.78 is 1.72. The number of carbonyl (C=O) groups is 3. The minimum Gasteiger partial charge on any atom is -0.307 e. The summed E-state index contributed by atoms with van der Waals surface area (Å²) in [6.45, 7) is 3.86. The van der Waals surface area contributed by atoms with Gasteiger partial charge in [-0.15, -0.1) is 0 Å². The first-order valence-electron chi connectivity index (χ1n) is 10.00. The van der Waals surface area contributed by atoms with Gasteiger partial charge in [-0.3, -0.25) is 14.6 Å². The first kappa shape index (κ1) is 25.2. The molecule has 0 radical (unpaired) electrons. The molecule has 1 heterocycles. The normalized spacial score (nSPS) is 15.2. The number of halogens is 2. The summed E-state index contributed by atoms with van der Waals surface area (Å²) >= 11 is 4.13. The summed E-state index contributed by atoms with van der Waals surface area (Å²) in [4.78, 5) is 41.2. The van der Waals surface area contributed by atoms with Crippen LogP contribution in [0.5, 0.6) is 0 Å². The van der Waals surface area contributed by atoms with E-state index in [0.29, 0.717) is 11.3 Å². The molecule has 1 amide bonds. The molecule has 0 aromatic heterocycles. The molecule has 0 bridgehead atoms. The van der Waals surface area contributed by atoms with Crippen LogP contribution in [-0.2, 0) is 9.59 Å². The quantitative estimate of drug-likeness (QED) is 0.214. The van der Waals surface area contributed by atoms with Gasteiger partial charge in [0.15, 0.2) is 11.9 Å². The number of ketones is 1. The van der Waals surface area contributed by atoms with Crippen LogP contribution < -0.4 is 4.90 Å². The Morgan fingerprint density at radius 3 is 2.24 bits per heavy atom. The lowest BCUT2D eigenvalue weighted by molar-refractivity contribution is -0.120. The van der Waals surface area contributed by atoms with E-state index >= 15 is 0 Å². The lowest BCUT2D eigenvalue weighted by Crippen LogP contribution is -2.44. The predicted molar refractivity (Wildman–Crippen MR) is 147 cm³/mol. The lowest BCUT2D eigenvalue weighted by atomic mass is 9.99.